The van der Waals surface area contributed by atoms with Crippen molar-refractivity contribution in [2.75, 3.05) is 59.4 Å². The predicted molar refractivity (Wildman–Crippen MR) is 135 cm³/mol. The topological polar surface area (TPSA) is 63.2 Å². The molecule has 0 aromatic heterocycles. The molecule has 2 saturated heterocycles. The summed E-state index contributed by atoms with van der Waals surface area (Å²) in [5.41, 5.74) is 0. The maximum absolute atomic E-state index is 12.8. The molecule has 7 nitrogen and oxygen atoms in total. The average molecular weight is 535 g/mol. The van der Waals surface area contributed by atoms with E-state index in [-0.39, 0.29) is 29.9 Å². The van der Waals surface area contributed by atoms with Crippen molar-refractivity contribution < 1.29 is 4.79 Å². The molecule has 1 aliphatic carbocycles. The first-order chi connectivity index (χ1) is 14.1. The van der Waals surface area contributed by atoms with Crippen LogP contribution in [0.5, 0.6) is 0 Å². The Morgan fingerprint density at radius 3 is 2.43 bits per heavy atom. The van der Waals surface area contributed by atoms with Gasteiger partial charge in [-0.05, 0) is 40.2 Å². The molecule has 0 aromatic rings. The van der Waals surface area contributed by atoms with E-state index in [9.17, 15) is 4.79 Å². The summed E-state index contributed by atoms with van der Waals surface area (Å²) in [6, 6.07) is 0.756. The van der Waals surface area contributed by atoms with E-state index < -0.39 is 0 Å². The molecule has 1 saturated carbocycles. The summed E-state index contributed by atoms with van der Waals surface area (Å²) in [6.07, 6.45) is 6.91. The zero-order valence-corrected chi connectivity index (χ0v) is 21.6. The summed E-state index contributed by atoms with van der Waals surface area (Å²) < 4.78 is 0. The Morgan fingerprint density at radius 2 is 1.77 bits per heavy atom. The smallest absolute Gasteiger partial charge is 0.225 e. The fraction of sp³-hybridized carbons (Fsp3) is 0.909. The highest BCUT2D eigenvalue weighted by Gasteiger charge is 2.31. The first-order valence-electron chi connectivity index (χ1n) is 11.8. The molecule has 0 spiro atoms. The number of aliphatic imine (C=N–C) groups is 1. The van der Waals surface area contributed by atoms with Crippen LogP contribution in [0.1, 0.15) is 52.4 Å². The van der Waals surface area contributed by atoms with Gasteiger partial charge in [-0.2, -0.15) is 0 Å². The SMILES string of the molecule is CCNC(=NCC(C)N1CCN(C)CC1)NC1CCN(C(=O)C2CCCCC2)C1.I. The first-order valence-corrected chi connectivity index (χ1v) is 11.8. The molecule has 3 fully saturated rings. The highest BCUT2D eigenvalue weighted by atomic mass is 127. The molecule has 174 valence electrons. The minimum Gasteiger partial charge on any atom is -0.357 e. The average Bonchev–Trinajstić information content (AvgIpc) is 3.21. The van der Waals surface area contributed by atoms with E-state index in [0.29, 0.717) is 18.0 Å². The summed E-state index contributed by atoms with van der Waals surface area (Å²) in [5, 5.41) is 6.98. The van der Waals surface area contributed by atoms with E-state index in [4.69, 9.17) is 4.99 Å². The largest absolute Gasteiger partial charge is 0.357 e. The van der Waals surface area contributed by atoms with Gasteiger partial charge in [0.25, 0.3) is 0 Å². The number of nitrogens with zero attached hydrogens (tertiary/aromatic N) is 4. The molecule has 3 rings (SSSR count). The number of nitrogens with one attached hydrogen (secondary N) is 2. The third-order valence-corrected chi connectivity index (χ3v) is 6.81. The highest BCUT2D eigenvalue weighted by molar-refractivity contribution is 14.0. The van der Waals surface area contributed by atoms with Crippen LogP contribution >= 0.6 is 24.0 Å². The molecule has 2 unspecified atom stereocenters. The van der Waals surface area contributed by atoms with Crippen molar-refractivity contribution in [3.63, 3.8) is 0 Å². The van der Waals surface area contributed by atoms with Crippen LogP contribution in [0, 0.1) is 5.92 Å². The van der Waals surface area contributed by atoms with Crippen LogP contribution in [0.15, 0.2) is 4.99 Å². The Morgan fingerprint density at radius 1 is 1.07 bits per heavy atom. The van der Waals surface area contributed by atoms with Crippen LogP contribution in [-0.4, -0.2) is 98.1 Å². The molecular formula is C22H43IN6O. The zero-order valence-electron chi connectivity index (χ0n) is 19.2. The van der Waals surface area contributed by atoms with Gasteiger partial charge < -0.3 is 20.4 Å². The second-order valence-electron chi connectivity index (χ2n) is 9.16. The van der Waals surface area contributed by atoms with Gasteiger partial charge in [-0.1, -0.05) is 19.3 Å². The summed E-state index contributed by atoms with van der Waals surface area (Å²) in [5.74, 6) is 1.55. The van der Waals surface area contributed by atoms with Crippen molar-refractivity contribution in [1.82, 2.24) is 25.3 Å². The highest BCUT2D eigenvalue weighted by Crippen LogP contribution is 2.26. The van der Waals surface area contributed by atoms with Crippen LogP contribution in [0.4, 0.5) is 0 Å². The standard InChI is InChI=1S/C22H42N6O.HI/c1-4-23-22(24-16-18(2)27-14-12-26(3)13-15-27)25-20-10-11-28(17-20)21(29)19-8-6-5-7-9-19;/h18-20H,4-17H2,1-3H3,(H2,23,24,25);1H. The number of hydrogen-bond acceptors (Lipinski definition) is 4. The Balaban J connectivity index is 0.00000320. The van der Waals surface area contributed by atoms with Gasteiger partial charge in [-0.3, -0.25) is 14.7 Å². The second kappa shape index (κ2) is 13.1. The zero-order chi connectivity index (χ0) is 20.6. The molecule has 3 aliphatic rings. The van der Waals surface area contributed by atoms with Crippen LogP contribution in [0.3, 0.4) is 0 Å². The predicted octanol–water partition coefficient (Wildman–Crippen LogP) is 1.98. The lowest BCUT2D eigenvalue weighted by atomic mass is 9.88. The van der Waals surface area contributed by atoms with Gasteiger partial charge in [0.05, 0.1) is 6.54 Å². The number of piperazine rings is 1. The van der Waals surface area contributed by atoms with Crippen LogP contribution in [0.25, 0.3) is 0 Å². The van der Waals surface area contributed by atoms with E-state index >= 15 is 0 Å². The van der Waals surface area contributed by atoms with Crippen molar-refractivity contribution in [3.8, 4) is 0 Å². The van der Waals surface area contributed by atoms with Crippen molar-refractivity contribution in [1.29, 1.82) is 0 Å². The van der Waals surface area contributed by atoms with E-state index in [1.807, 2.05) is 0 Å². The molecule has 0 aromatic carbocycles. The lowest BCUT2D eigenvalue weighted by Gasteiger charge is -2.36. The fourth-order valence-corrected chi connectivity index (χ4v) is 4.80. The van der Waals surface area contributed by atoms with Crippen molar-refractivity contribution in [2.24, 2.45) is 10.9 Å². The van der Waals surface area contributed by atoms with Crippen LogP contribution in [0.2, 0.25) is 0 Å². The number of guanidine groups is 1. The van der Waals surface area contributed by atoms with E-state index in [1.54, 1.807) is 0 Å². The number of rotatable bonds is 6. The lowest BCUT2D eigenvalue weighted by molar-refractivity contribution is -0.135. The van der Waals surface area contributed by atoms with Crippen LogP contribution in [-0.2, 0) is 4.79 Å². The first kappa shape index (κ1) is 25.6. The summed E-state index contributed by atoms with van der Waals surface area (Å²) in [7, 11) is 2.19. The fourth-order valence-electron chi connectivity index (χ4n) is 4.80. The van der Waals surface area contributed by atoms with Crippen molar-refractivity contribution in [3.05, 3.63) is 0 Å². The second-order valence-corrected chi connectivity index (χ2v) is 9.16. The molecule has 0 radical (unpaired) electrons. The van der Waals surface area contributed by atoms with Gasteiger partial charge in [0, 0.05) is 63.8 Å². The maximum Gasteiger partial charge on any atom is 0.225 e. The minimum atomic E-state index is 0. The number of likely N-dealkylation sites (tertiary alicyclic amines) is 1. The number of likely N-dealkylation sites (N-methyl/N-ethyl adjacent to an activating group) is 1. The number of hydrogen-bond donors (Lipinski definition) is 2. The Hall–Kier alpha value is -0.610. The number of halogens is 1. The van der Waals surface area contributed by atoms with Crippen molar-refractivity contribution >= 4 is 35.8 Å². The van der Waals surface area contributed by atoms with E-state index in [1.165, 1.54) is 19.3 Å². The van der Waals surface area contributed by atoms with E-state index in [2.05, 4.69) is 46.2 Å². The Kier molecular flexibility index (Phi) is 11.2. The third kappa shape index (κ3) is 7.51. The van der Waals surface area contributed by atoms with Gasteiger partial charge in [-0.15, -0.1) is 24.0 Å². The quantitative estimate of drug-likeness (QED) is 0.310. The van der Waals surface area contributed by atoms with E-state index in [0.717, 1.165) is 77.6 Å². The summed E-state index contributed by atoms with van der Waals surface area (Å²) >= 11 is 0. The molecule has 2 aliphatic heterocycles. The Bertz CT molecular complexity index is 546. The van der Waals surface area contributed by atoms with Gasteiger partial charge in [0.1, 0.15) is 0 Å². The summed E-state index contributed by atoms with van der Waals surface area (Å²) in [6.45, 7) is 12.3. The van der Waals surface area contributed by atoms with Gasteiger partial charge in [-0.25, -0.2) is 0 Å². The normalized spacial score (nSPS) is 25.6. The lowest BCUT2D eigenvalue weighted by Crippen LogP contribution is -2.50. The molecule has 0 bridgehead atoms. The third-order valence-electron chi connectivity index (χ3n) is 6.81. The van der Waals surface area contributed by atoms with Gasteiger partial charge >= 0.3 is 0 Å². The number of amides is 1. The Labute approximate surface area is 200 Å². The van der Waals surface area contributed by atoms with Crippen LogP contribution < -0.4 is 10.6 Å². The molecule has 1 amide bonds. The minimum absolute atomic E-state index is 0. The number of carbonyl (C=O) groups excluding carboxylic acids is 1. The molecule has 2 atom stereocenters. The molecule has 30 heavy (non-hydrogen) atoms. The van der Waals surface area contributed by atoms with Gasteiger partial charge in [0.15, 0.2) is 5.96 Å². The molecule has 8 heteroatoms. The van der Waals surface area contributed by atoms with Gasteiger partial charge in [0.2, 0.25) is 5.91 Å². The maximum atomic E-state index is 12.8. The molecule has 2 heterocycles. The van der Waals surface area contributed by atoms with Crippen molar-refractivity contribution in [2.45, 2.75) is 64.5 Å². The molecular weight excluding hydrogens is 491 g/mol. The monoisotopic (exact) mass is 534 g/mol. The summed E-state index contributed by atoms with van der Waals surface area (Å²) in [4.78, 5) is 24.7. The molecule has 2 N–H and O–H groups in total. The number of carbonyl (C=O) groups is 1.